The first-order valence-electron chi connectivity index (χ1n) is 13.9. The Morgan fingerprint density at radius 1 is 0.957 bits per heavy atom. The Labute approximate surface area is 262 Å². The highest BCUT2D eigenvalue weighted by Crippen LogP contribution is 2.36. The number of hydrogen-bond donors (Lipinski definition) is 9. The van der Waals surface area contributed by atoms with Gasteiger partial charge in [0, 0.05) is 23.8 Å². The third-order valence-corrected chi connectivity index (χ3v) is 7.52. The molecule has 0 bridgehead atoms. The third kappa shape index (κ3) is 6.94. The van der Waals surface area contributed by atoms with E-state index >= 15 is 0 Å². The van der Waals surface area contributed by atoms with E-state index in [1.54, 1.807) is 0 Å². The van der Waals surface area contributed by atoms with Gasteiger partial charge in [0.2, 0.25) is 6.29 Å². The van der Waals surface area contributed by atoms with Crippen molar-refractivity contribution in [2.45, 2.75) is 55.1 Å². The number of aliphatic carboxylic acids is 1. The van der Waals surface area contributed by atoms with Crippen LogP contribution in [0.25, 0.3) is 22.3 Å². The summed E-state index contributed by atoms with van der Waals surface area (Å²) in [4.78, 5) is 35.5. The molecule has 2 fully saturated rings. The first-order chi connectivity index (χ1) is 22.2. The average molecular weight is 667 g/mol. The van der Waals surface area contributed by atoms with Crippen LogP contribution in [0.15, 0.2) is 45.6 Å². The predicted molar refractivity (Wildman–Crippen MR) is 150 cm³/mol. The molecule has 0 spiro atoms. The monoisotopic (exact) mass is 666 g/mol. The van der Waals surface area contributed by atoms with E-state index in [1.807, 2.05) is 0 Å². The molecule has 2 aliphatic rings. The number of hydrogen-bond acceptors (Lipinski definition) is 17. The van der Waals surface area contributed by atoms with Crippen molar-refractivity contribution in [1.29, 1.82) is 0 Å². The van der Waals surface area contributed by atoms with Crippen LogP contribution in [-0.4, -0.2) is 126 Å². The molecule has 0 radical (unpaired) electrons. The van der Waals surface area contributed by atoms with Gasteiger partial charge in [0.1, 0.15) is 71.3 Å². The minimum Gasteiger partial charge on any atom is -0.507 e. The van der Waals surface area contributed by atoms with Crippen molar-refractivity contribution in [3.05, 3.63) is 46.6 Å². The van der Waals surface area contributed by atoms with Gasteiger partial charge in [-0.2, -0.15) is 0 Å². The second-order valence-electron chi connectivity index (χ2n) is 10.9. The van der Waals surface area contributed by atoms with Crippen LogP contribution in [0.2, 0.25) is 0 Å². The molecule has 8 atom stereocenters. The van der Waals surface area contributed by atoms with Crippen molar-refractivity contribution >= 4 is 22.9 Å². The summed E-state index contributed by atoms with van der Waals surface area (Å²) in [7, 11) is 0. The predicted octanol–water partition coefficient (Wildman–Crippen LogP) is -1.75. The van der Waals surface area contributed by atoms with E-state index in [0.29, 0.717) is 0 Å². The lowest BCUT2D eigenvalue weighted by molar-refractivity contribution is -0.319. The maximum atomic E-state index is 12.9. The number of carbonyl (C=O) groups is 2. The quantitative estimate of drug-likeness (QED) is 0.0658. The van der Waals surface area contributed by atoms with Gasteiger partial charge in [0.25, 0.3) is 0 Å². The van der Waals surface area contributed by atoms with Crippen molar-refractivity contribution in [2.75, 3.05) is 19.8 Å². The van der Waals surface area contributed by atoms with Crippen LogP contribution in [0.3, 0.4) is 0 Å². The Bertz CT molecular complexity index is 1700. The number of aliphatic hydroxyl groups excluding tert-OH is 4. The smallest absolute Gasteiger partial charge is 0.317 e. The highest BCUT2D eigenvalue weighted by atomic mass is 16.8. The molecule has 9 N–H and O–H groups in total. The number of aromatic hydroxyl groups is 3. The number of aliphatic hydroxyl groups is 5. The zero-order chi connectivity index (χ0) is 34.2. The second-order valence-corrected chi connectivity index (χ2v) is 10.9. The van der Waals surface area contributed by atoms with Gasteiger partial charge in [-0.25, -0.2) is 0 Å². The molecule has 254 valence electrons. The third-order valence-electron chi connectivity index (χ3n) is 7.52. The summed E-state index contributed by atoms with van der Waals surface area (Å²) in [6.07, 6.45) is -13.4. The fraction of sp³-hybridized carbons (Fsp3) is 0.414. The van der Waals surface area contributed by atoms with Crippen LogP contribution in [0.1, 0.15) is 6.42 Å². The molecule has 2 aliphatic heterocycles. The molecule has 18 nitrogen and oxygen atoms in total. The maximum absolute atomic E-state index is 12.9. The van der Waals surface area contributed by atoms with Crippen LogP contribution in [0.4, 0.5) is 0 Å². The molecular formula is C29H30O18. The van der Waals surface area contributed by atoms with E-state index < -0.39 is 110 Å². The van der Waals surface area contributed by atoms with Gasteiger partial charge in [-0.15, -0.1) is 0 Å². The highest BCUT2D eigenvalue weighted by Gasteiger charge is 2.53. The Morgan fingerprint density at radius 3 is 2.36 bits per heavy atom. The molecule has 3 heterocycles. The summed E-state index contributed by atoms with van der Waals surface area (Å²) in [5.41, 5.74) is -2.87. The molecule has 8 unspecified atom stereocenters. The first kappa shape index (κ1) is 33.8. The molecule has 0 saturated carbocycles. The molecule has 2 aromatic carbocycles. The minimum absolute atomic E-state index is 0.0741. The zero-order valence-electron chi connectivity index (χ0n) is 24.0. The van der Waals surface area contributed by atoms with Gasteiger partial charge in [0.05, 0.1) is 13.2 Å². The van der Waals surface area contributed by atoms with E-state index in [2.05, 4.69) is 0 Å². The fourth-order valence-electron chi connectivity index (χ4n) is 4.96. The van der Waals surface area contributed by atoms with E-state index in [0.717, 1.165) is 30.3 Å². The Kier molecular flexibility index (Phi) is 9.57. The van der Waals surface area contributed by atoms with Crippen molar-refractivity contribution in [2.24, 2.45) is 0 Å². The number of carboxylic acids is 1. The standard InChI is InChI=1S/C29H30O18/c30-9-29(41)10-43-28(26(29)40)47-25-24(39)23(38)19(8-42-21(37)7-20(35)36)46-27(25)44-12-4-15(33)22-16(34)6-17(45-18(22)5-12)11-1-2-13(31)14(32)3-11/h1-6,19,23-28,30-33,38-41H,7-10H2,(H,35,36). The molecule has 0 aliphatic carbocycles. The fourth-order valence-corrected chi connectivity index (χ4v) is 4.96. The average Bonchev–Trinajstić information content (AvgIpc) is 3.29. The SMILES string of the molecule is O=C(O)CC(=O)OCC1OC(Oc2cc(O)c3c(=O)cc(-c4ccc(O)c(O)c4)oc3c2)C(OC2OCC(O)(CO)C2O)C(O)C1O. The lowest BCUT2D eigenvalue weighted by Gasteiger charge is -2.42. The highest BCUT2D eigenvalue weighted by molar-refractivity contribution is 5.90. The number of benzene rings is 2. The van der Waals surface area contributed by atoms with Gasteiger partial charge < -0.3 is 74.1 Å². The number of carbonyl (C=O) groups excluding carboxylic acids is 1. The van der Waals surface area contributed by atoms with Gasteiger partial charge in [-0.1, -0.05) is 0 Å². The van der Waals surface area contributed by atoms with Gasteiger partial charge >= 0.3 is 11.9 Å². The molecule has 2 saturated heterocycles. The maximum Gasteiger partial charge on any atom is 0.317 e. The Hall–Kier alpha value is -4.53. The number of phenolic OH excluding ortho intramolecular Hbond substituents is 3. The molecule has 5 rings (SSSR count). The summed E-state index contributed by atoms with van der Waals surface area (Å²) < 4.78 is 33.0. The van der Waals surface area contributed by atoms with Crippen LogP contribution in [0.5, 0.6) is 23.0 Å². The molecule has 0 amide bonds. The number of rotatable bonds is 10. The minimum atomic E-state index is -2.13. The topological polar surface area (TPSA) is 293 Å². The van der Waals surface area contributed by atoms with Gasteiger partial charge in [-0.3, -0.25) is 14.4 Å². The summed E-state index contributed by atoms with van der Waals surface area (Å²) in [5, 5.41) is 90.7. The van der Waals surface area contributed by atoms with Crippen molar-refractivity contribution in [3.8, 4) is 34.3 Å². The second kappa shape index (κ2) is 13.3. The zero-order valence-corrected chi connectivity index (χ0v) is 24.0. The normalized spacial score (nSPS) is 29.1. The van der Waals surface area contributed by atoms with E-state index in [4.69, 9.17) is 33.2 Å². The van der Waals surface area contributed by atoms with Gasteiger partial charge in [0.15, 0.2) is 29.3 Å². The summed E-state index contributed by atoms with van der Waals surface area (Å²) in [5.74, 6) is -4.56. The summed E-state index contributed by atoms with van der Waals surface area (Å²) in [6.45, 7) is -2.25. The van der Waals surface area contributed by atoms with Crippen LogP contribution in [-0.2, 0) is 28.5 Å². The first-order valence-corrected chi connectivity index (χ1v) is 13.9. The van der Waals surface area contributed by atoms with Crippen molar-refractivity contribution in [1.82, 2.24) is 0 Å². The Morgan fingerprint density at radius 2 is 1.70 bits per heavy atom. The molecule has 3 aromatic rings. The largest absolute Gasteiger partial charge is 0.507 e. The Balaban J connectivity index is 1.47. The van der Waals surface area contributed by atoms with Crippen molar-refractivity contribution < 1.29 is 83.6 Å². The number of ether oxygens (including phenoxy) is 5. The lowest BCUT2D eigenvalue weighted by Crippen LogP contribution is -2.62. The molecule has 47 heavy (non-hydrogen) atoms. The van der Waals surface area contributed by atoms with Gasteiger partial charge in [-0.05, 0) is 18.2 Å². The van der Waals surface area contributed by atoms with Crippen LogP contribution < -0.4 is 10.2 Å². The van der Waals surface area contributed by atoms with Crippen molar-refractivity contribution in [3.63, 3.8) is 0 Å². The number of esters is 1. The molecule has 1 aromatic heterocycles. The van der Waals surface area contributed by atoms with E-state index in [1.165, 1.54) is 6.07 Å². The molecular weight excluding hydrogens is 636 g/mol. The summed E-state index contributed by atoms with van der Waals surface area (Å²) >= 11 is 0. The lowest BCUT2D eigenvalue weighted by atomic mass is 9.98. The number of fused-ring (bicyclic) bond motifs is 1. The van der Waals surface area contributed by atoms with E-state index in [-0.39, 0.29) is 28.0 Å². The van der Waals surface area contributed by atoms with E-state index in [9.17, 15) is 55.2 Å². The number of carboxylic acid groups (broad SMARTS) is 1. The number of phenols is 3. The van der Waals surface area contributed by atoms with Crippen LogP contribution in [0, 0.1) is 0 Å². The molecule has 18 heteroatoms. The van der Waals surface area contributed by atoms with Crippen LogP contribution >= 0.6 is 0 Å². The summed E-state index contributed by atoms with van der Waals surface area (Å²) in [6, 6.07) is 6.81.